The van der Waals surface area contributed by atoms with Gasteiger partial charge in [0.1, 0.15) is 0 Å². The van der Waals surface area contributed by atoms with E-state index in [4.69, 9.17) is 4.74 Å². The van der Waals surface area contributed by atoms with Gasteiger partial charge in [-0.25, -0.2) is 0 Å². The van der Waals surface area contributed by atoms with Crippen LogP contribution in [0.2, 0.25) is 0 Å². The lowest BCUT2D eigenvalue weighted by molar-refractivity contribution is 0.0342. The standard InChI is InChI=1S/C15H22NO/c1-15(2,3)14-6-4-13(5-7-14)12-16-8-10-17-11-9-16/h4-6H,8-12H2,1-3H3. The first-order valence-corrected chi connectivity index (χ1v) is 6.37. The first-order valence-electron chi connectivity index (χ1n) is 6.37. The highest BCUT2D eigenvalue weighted by molar-refractivity contribution is 5.26. The second-order valence-electron chi connectivity index (χ2n) is 5.75. The lowest BCUT2D eigenvalue weighted by atomic mass is 9.87. The fourth-order valence-corrected chi connectivity index (χ4v) is 2.04. The zero-order valence-electron chi connectivity index (χ0n) is 11.1. The van der Waals surface area contributed by atoms with E-state index in [9.17, 15) is 0 Å². The second kappa shape index (κ2) is 5.19. The van der Waals surface area contributed by atoms with E-state index in [1.165, 1.54) is 11.1 Å². The Balaban J connectivity index is 1.98. The van der Waals surface area contributed by atoms with Gasteiger partial charge in [0.25, 0.3) is 0 Å². The summed E-state index contributed by atoms with van der Waals surface area (Å²) in [5, 5.41) is 0. The Hall–Kier alpha value is -0.860. The molecule has 2 rings (SSSR count). The van der Waals surface area contributed by atoms with E-state index in [1.54, 1.807) is 0 Å². The zero-order chi connectivity index (χ0) is 12.3. The van der Waals surface area contributed by atoms with Crippen molar-refractivity contribution in [2.24, 2.45) is 0 Å². The summed E-state index contributed by atoms with van der Waals surface area (Å²) in [7, 11) is 0. The molecule has 1 aromatic carbocycles. The number of ether oxygens (including phenoxy) is 1. The van der Waals surface area contributed by atoms with E-state index in [0.29, 0.717) is 0 Å². The Morgan fingerprint density at radius 2 is 1.94 bits per heavy atom. The van der Waals surface area contributed by atoms with Gasteiger partial charge in [-0.05, 0) is 28.7 Å². The van der Waals surface area contributed by atoms with Crippen LogP contribution in [0.5, 0.6) is 0 Å². The molecule has 2 nitrogen and oxygen atoms in total. The number of hydrogen-bond acceptors (Lipinski definition) is 2. The van der Waals surface area contributed by atoms with Crippen molar-refractivity contribution in [2.75, 3.05) is 26.3 Å². The number of nitrogens with zero attached hydrogens (tertiary/aromatic N) is 1. The summed E-state index contributed by atoms with van der Waals surface area (Å²) in [5.74, 6) is 0. The maximum Gasteiger partial charge on any atom is 0.0594 e. The third kappa shape index (κ3) is 3.55. The van der Waals surface area contributed by atoms with Gasteiger partial charge in [0, 0.05) is 19.6 Å². The van der Waals surface area contributed by atoms with Gasteiger partial charge >= 0.3 is 0 Å². The molecule has 0 bridgehead atoms. The van der Waals surface area contributed by atoms with Crippen LogP contribution in [0.4, 0.5) is 0 Å². The molecule has 17 heavy (non-hydrogen) atoms. The van der Waals surface area contributed by atoms with Crippen LogP contribution >= 0.6 is 0 Å². The molecule has 1 radical (unpaired) electrons. The first kappa shape index (κ1) is 12.6. The minimum Gasteiger partial charge on any atom is -0.379 e. The highest BCUT2D eigenvalue weighted by Crippen LogP contribution is 2.22. The zero-order valence-corrected chi connectivity index (χ0v) is 11.1. The Bertz CT molecular complexity index is 344. The molecule has 1 aliphatic heterocycles. The van der Waals surface area contributed by atoms with Gasteiger partial charge in [0.05, 0.1) is 13.2 Å². The Kier molecular flexibility index (Phi) is 3.85. The van der Waals surface area contributed by atoms with Crippen LogP contribution < -0.4 is 0 Å². The summed E-state index contributed by atoms with van der Waals surface area (Å²) in [6.07, 6.45) is 0. The van der Waals surface area contributed by atoms with Crippen molar-refractivity contribution in [3.63, 3.8) is 0 Å². The van der Waals surface area contributed by atoms with Crippen LogP contribution in [0.15, 0.2) is 18.2 Å². The van der Waals surface area contributed by atoms with Crippen molar-refractivity contribution in [3.8, 4) is 0 Å². The largest absolute Gasteiger partial charge is 0.379 e. The molecule has 2 heteroatoms. The lowest BCUT2D eigenvalue weighted by Gasteiger charge is -2.27. The van der Waals surface area contributed by atoms with Crippen molar-refractivity contribution in [1.29, 1.82) is 0 Å². The highest BCUT2D eigenvalue weighted by Gasteiger charge is 2.14. The third-order valence-corrected chi connectivity index (χ3v) is 3.20. The third-order valence-electron chi connectivity index (χ3n) is 3.20. The summed E-state index contributed by atoms with van der Waals surface area (Å²) in [6.45, 7) is 11.5. The average Bonchev–Trinajstić information content (AvgIpc) is 2.30. The minimum atomic E-state index is 0.192. The molecule has 1 aliphatic rings. The van der Waals surface area contributed by atoms with Crippen molar-refractivity contribution >= 4 is 0 Å². The maximum atomic E-state index is 5.35. The van der Waals surface area contributed by atoms with Crippen molar-refractivity contribution in [1.82, 2.24) is 4.90 Å². The number of morpholine rings is 1. The van der Waals surface area contributed by atoms with Gasteiger partial charge in [-0.2, -0.15) is 0 Å². The predicted molar refractivity (Wildman–Crippen MR) is 70.1 cm³/mol. The van der Waals surface area contributed by atoms with E-state index >= 15 is 0 Å². The molecule has 1 aromatic rings. The quantitative estimate of drug-likeness (QED) is 0.777. The van der Waals surface area contributed by atoms with Crippen molar-refractivity contribution < 1.29 is 4.74 Å². The summed E-state index contributed by atoms with van der Waals surface area (Å²) in [4.78, 5) is 2.43. The molecule has 0 amide bonds. The minimum absolute atomic E-state index is 0.192. The van der Waals surface area contributed by atoms with E-state index in [0.717, 1.165) is 32.8 Å². The Morgan fingerprint density at radius 3 is 2.47 bits per heavy atom. The molecule has 93 valence electrons. The monoisotopic (exact) mass is 232 g/mol. The van der Waals surface area contributed by atoms with Gasteiger partial charge in [-0.15, -0.1) is 0 Å². The van der Waals surface area contributed by atoms with Crippen LogP contribution in [0.1, 0.15) is 31.9 Å². The van der Waals surface area contributed by atoms with Gasteiger partial charge in [0.2, 0.25) is 0 Å². The molecule has 1 heterocycles. The van der Waals surface area contributed by atoms with Gasteiger partial charge < -0.3 is 4.74 Å². The molecule has 0 aromatic heterocycles. The molecule has 0 aliphatic carbocycles. The molecular formula is C15H22NO. The lowest BCUT2D eigenvalue weighted by Crippen LogP contribution is -2.35. The molecule has 0 spiro atoms. The summed E-state index contributed by atoms with van der Waals surface area (Å²) in [5.41, 5.74) is 2.82. The first-order chi connectivity index (χ1) is 8.05. The molecule has 0 N–H and O–H groups in total. The Labute approximate surface area is 105 Å². The van der Waals surface area contributed by atoms with Crippen molar-refractivity contribution in [3.05, 3.63) is 35.4 Å². The summed E-state index contributed by atoms with van der Waals surface area (Å²) in [6, 6.07) is 9.98. The summed E-state index contributed by atoms with van der Waals surface area (Å²) >= 11 is 0. The fraction of sp³-hybridized carbons (Fsp3) is 0.600. The molecular weight excluding hydrogens is 210 g/mol. The topological polar surface area (TPSA) is 12.5 Å². The van der Waals surface area contributed by atoms with Gasteiger partial charge in [0.15, 0.2) is 0 Å². The van der Waals surface area contributed by atoms with E-state index in [-0.39, 0.29) is 5.41 Å². The van der Waals surface area contributed by atoms with Crippen LogP contribution in [-0.2, 0) is 16.7 Å². The average molecular weight is 232 g/mol. The van der Waals surface area contributed by atoms with Crippen LogP contribution in [0.3, 0.4) is 0 Å². The molecule has 0 saturated carbocycles. The fourth-order valence-electron chi connectivity index (χ4n) is 2.04. The predicted octanol–water partition coefficient (Wildman–Crippen LogP) is 2.62. The van der Waals surface area contributed by atoms with Crippen LogP contribution in [-0.4, -0.2) is 31.2 Å². The number of benzene rings is 1. The van der Waals surface area contributed by atoms with E-state index in [2.05, 4.69) is 49.9 Å². The molecule has 0 atom stereocenters. The number of rotatable bonds is 2. The van der Waals surface area contributed by atoms with Crippen LogP contribution in [0, 0.1) is 6.07 Å². The summed E-state index contributed by atoms with van der Waals surface area (Å²) < 4.78 is 5.35. The maximum absolute atomic E-state index is 5.35. The normalized spacial score (nSPS) is 18.3. The molecule has 0 unspecified atom stereocenters. The highest BCUT2D eigenvalue weighted by atomic mass is 16.5. The van der Waals surface area contributed by atoms with E-state index in [1.807, 2.05) is 0 Å². The SMILES string of the molecule is CC(C)(C)c1[c]cc(CN2CCOCC2)cc1. The number of hydrogen-bond donors (Lipinski definition) is 0. The van der Waals surface area contributed by atoms with Crippen molar-refractivity contribution in [2.45, 2.75) is 32.7 Å². The van der Waals surface area contributed by atoms with Crippen LogP contribution in [0.25, 0.3) is 0 Å². The van der Waals surface area contributed by atoms with E-state index < -0.39 is 0 Å². The van der Waals surface area contributed by atoms with Gasteiger partial charge in [-0.3, -0.25) is 4.90 Å². The molecule has 1 saturated heterocycles. The Morgan fingerprint density at radius 1 is 1.24 bits per heavy atom. The van der Waals surface area contributed by atoms with Gasteiger partial charge in [-0.1, -0.05) is 32.9 Å². The smallest absolute Gasteiger partial charge is 0.0594 e. The molecule has 1 fully saturated rings. The second-order valence-corrected chi connectivity index (χ2v) is 5.75.